The Balaban J connectivity index is 0.00000274. The van der Waals surface area contributed by atoms with Crippen molar-refractivity contribution in [3.05, 3.63) is 75.4 Å². The van der Waals surface area contributed by atoms with Crippen LogP contribution >= 0.6 is 11.3 Å². The van der Waals surface area contributed by atoms with Gasteiger partial charge in [0, 0.05) is 63.2 Å². The Morgan fingerprint density at radius 1 is 1.18 bits per heavy atom. The van der Waals surface area contributed by atoms with Crippen molar-refractivity contribution in [3.8, 4) is 11.3 Å². The van der Waals surface area contributed by atoms with Crippen LogP contribution in [0.2, 0.25) is 0 Å². The number of fused-ring (bicyclic) bond motifs is 1. The van der Waals surface area contributed by atoms with Gasteiger partial charge in [-0.25, -0.2) is 4.98 Å². The van der Waals surface area contributed by atoms with Crippen LogP contribution in [0.3, 0.4) is 0 Å². The number of carbonyl (C=O) groups is 1. The van der Waals surface area contributed by atoms with Crippen LogP contribution in [0.1, 0.15) is 22.6 Å². The predicted octanol–water partition coefficient (Wildman–Crippen LogP) is 4.44. The van der Waals surface area contributed by atoms with E-state index in [0.29, 0.717) is 25.4 Å². The quantitative estimate of drug-likeness (QED) is 0.393. The molecule has 2 aromatic carbocycles. The Morgan fingerprint density at radius 3 is 2.53 bits per heavy atom. The molecule has 1 aliphatic heterocycles. The molecule has 0 saturated carbocycles. The van der Waals surface area contributed by atoms with Gasteiger partial charge in [0.25, 0.3) is 0 Å². The third-order valence-electron chi connectivity index (χ3n) is 6.84. The number of nitrogens with zero attached hydrogens (tertiary/aromatic N) is 4. The first kappa shape index (κ1) is 25.1. The third-order valence-corrected chi connectivity index (χ3v) is 7.67. The molecule has 6 nitrogen and oxygen atoms in total. The first-order valence-electron chi connectivity index (χ1n) is 11.3. The van der Waals surface area contributed by atoms with Gasteiger partial charge in [-0.05, 0) is 50.2 Å². The van der Waals surface area contributed by atoms with Crippen molar-refractivity contribution < 1.29 is 31.0 Å². The van der Waals surface area contributed by atoms with E-state index in [0.717, 1.165) is 29.4 Å². The molecule has 1 aliphatic carbocycles. The molecular formula is C26H29N4O2SW-. The molecule has 8 heteroatoms. The summed E-state index contributed by atoms with van der Waals surface area (Å²) in [4.78, 5) is 21.1. The van der Waals surface area contributed by atoms with E-state index in [4.69, 9.17) is 10.3 Å². The molecule has 2 heterocycles. The van der Waals surface area contributed by atoms with Crippen molar-refractivity contribution in [2.75, 3.05) is 32.1 Å². The number of carboxylic acids is 1. The summed E-state index contributed by atoms with van der Waals surface area (Å²) in [5, 5.41) is 17.5. The fourth-order valence-corrected chi connectivity index (χ4v) is 5.58. The SMILES string of the molecule is CN(C)C1CN(c2cccc(-c3csc(C[N-]C4(CC(=O)O)Cc5ccccc5C4)n3)c2)C1.[W]. The van der Waals surface area contributed by atoms with Crippen molar-refractivity contribution in [1.29, 1.82) is 0 Å². The van der Waals surface area contributed by atoms with Gasteiger partial charge in [-0.2, -0.15) is 0 Å². The number of carboxylic acid groups (broad SMARTS) is 1. The summed E-state index contributed by atoms with van der Waals surface area (Å²) >= 11 is 1.59. The molecule has 1 fully saturated rings. The van der Waals surface area contributed by atoms with Crippen LogP contribution in [-0.2, 0) is 45.2 Å². The van der Waals surface area contributed by atoms with Crippen molar-refractivity contribution in [1.82, 2.24) is 9.88 Å². The average Bonchev–Trinajstić information content (AvgIpc) is 3.35. The van der Waals surface area contributed by atoms with E-state index in [1.807, 2.05) is 12.1 Å². The minimum Gasteiger partial charge on any atom is -0.650 e. The van der Waals surface area contributed by atoms with Crippen LogP contribution < -0.4 is 4.90 Å². The van der Waals surface area contributed by atoms with E-state index in [1.54, 1.807) is 11.3 Å². The Kier molecular flexibility index (Phi) is 7.58. The average molecular weight is 645 g/mol. The molecule has 3 aromatic rings. The number of aliphatic carboxylic acids is 1. The third kappa shape index (κ3) is 5.28. The molecule has 1 saturated heterocycles. The number of rotatable bonds is 8. The van der Waals surface area contributed by atoms with Gasteiger partial charge in [-0.15, -0.1) is 16.9 Å². The molecule has 34 heavy (non-hydrogen) atoms. The van der Waals surface area contributed by atoms with Crippen molar-refractivity contribution in [2.45, 2.75) is 37.4 Å². The Labute approximate surface area is 219 Å². The standard InChI is InChI=1S/C26H29N4O2S.W/c1-29(2)22-15-30(16-22)21-9-5-8-18(10-21)23-17-33-24(28-23)14-27-26(13-25(31)32)11-19-6-3-4-7-20(19)12-26;/h3-10,17,22H,11-16H2,1-2H3,(H,31,32);/q-1;. The van der Waals surface area contributed by atoms with Crippen LogP contribution in [0.5, 0.6) is 0 Å². The molecule has 0 radical (unpaired) electrons. The smallest absolute Gasteiger partial charge is 0.302 e. The van der Waals surface area contributed by atoms with Crippen molar-refractivity contribution >= 4 is 23.0 Å². The molecule has 0 bridgehead atoms. The number of likely N-dealkylation sites (N-methyl/N-ethyl adjacent to an activating group) is 1. The van der Waals surface area contributed by atoms with Gasteiger partial charge in [0.05, 0.1) is 10.7 Å². The summed E-state index contributed by atoms with van der Waals surface area (Å²) < 4.78 is 0. The summed E-state index contributed by atoms with van der Waals surface area (Å²) in [6.07, 6.45) is 1.41. The van der Waals surface area contributed by atoms with Crippen LogP contribution in [0.25, 0.3) is 16.6 Å². The molecule has 1 aromatic heterocycles. The number of hydrogen-bond acceptors (Lipinski definition) is 5. The largest absolute Gasteiger partial charge is 0.650 e. The number of hydrogen-bond donors (Lipinski definition) is 1. The maximum Gasteiger partial charge on any atom is 0.302 e. The van der Waals surface area contributed by atoms with Gasteiger partial charge in [-0.1, -0.05) is 42.9 Å². The predicted molar refractivity (Wildman–Crippen MR) is 133 cm³/mol. The Morgan fingerprint density at radius 2 is 1.88 bits per heavy atom. The van der Waals surface area contributed by atoms with Gasteiger partial charge >= 0.3 is 5.97 Å². The number of aromatic nitrogens is 1. The van der Waals surface area contributed by atoms with Crippen LogP contribution in [-0.4, -0.2) is 59.7 Å². The summed E-state index contributed by atoms with van der Waals surface area (Å²) in [6.45, 7) is 2.54. The molecule has 2 aliphatic rings. The van der Waals surface area contributed by atoms with Gasteiger partial charge in [-0.3, -0.25) is 4.79 Å². The first-order chi connectivity index (χ1) is 15.9. The second kappa shape index (κ2) is 10.3. The monoisotopic (exact) mass is 645 g/mol. The molecule has 0 spiro atoms. The van der Waals surface area contributed by atoms with Gasteiger partial charge in [0.15, 0.2) is 0 Å². The molecule has 0 atom stereocenters. The normalized spacial score (nSPS) is 16.7. The van der Waals surface area contributed by atoms with E-state index >= 15 is 0 Å². The van der Waals surface area contributed by atoms with Crippen molar-refractivity contribution in [2.24, 2.45) is 0 Å². The van der Waals surface area contributed by atoms with E-state index in [1.165, 1.54) is 16.8 Å². The van der Waals surface area contributed by atoms with Gasteiger partial charge < -0.3 is 20.2 Å². The zero-order chi connectivity index (χ0) is 23.0. The first-order valence-corrected chi connectivity index (χ1v) is 12.2. The summed E-state index contributed by atoms with van der Waals surface area (Å²) in [5.41, 5.74) is 5.13. The zero-order valence-electron chi connectivity index (χ0n) is 19.5. The maximum absolute atomic E-state index is 11.6. The summed E-state index contributed by atoms with van der Waals surface area (Å²) in [6, 6.07) is 17.4. The molecule has 0 unspecified atom stereocenters. The van der Waals surface area contributed by atoms with E-state index in [-0.39, 0.29) is 27.5 Å². The molecule has 178 valence electrons. The molecule has 1 N–H and O–H groups in total. The summed E-state index contributed by atoms with van der Waals surface area (Å²) in [5.74, 6) is -0.800. The topological polar surface area (TPSA) is 70.8 Å². The minimum atomic E-state index is -0.800. The van der Waals surface area contributed by atoms with Crippen LogP contribution in [0.4, 0.5) is 5.69 Å². The van der Waals surface area contributed by atoms with Crippen LogP contribution in [0.15, 0.2) is 53.9 Å². The molecule has 0 amide bonds. The van der Waals surface area contributed by atoms with E-state index in [9.17, 15) is 9.90 Å². The maximum atomic E-state index is 11.6. The minimum absolute atomic E-state index is 0. The summed E-state index contributed by atoms with van der Waals surface area (Å²) in [7, 11) is 4.26. The fraction of sp³-hybridized carbons (Fsp3) is 0.385. The van der Waals surface area contributed by atoms with E-state index in [2.05, 4.69) is 65.7 Å². The number of thiazole rings is 1. The second-order valence-electron chi connectivity index (χ2n) is 9.43. The molecular weight excluding hydrogens is 616 g/mol. The van der Waals surface area contributed by atoms with Crippen molar-refractivity contribution in [3.63, 3.8) is 0 Å². The van der Waals surface area contributed by atoms with Crippen LogP contribution in [0, 0.1) is 0 Å². The Hall–Kier alpha value is -2.05. The fourth-order valence-electron chi connectivity index (χ4n) is 4.85. The number of anilines is 1. The second-order valence-corrected chi connectivity index (χ2v) is 10.4. The van der Waals surface area contributed by atoms with Gasteiger partial charge in [0.2, 0.25) is 0 Å². The number of benzene rings is 2. The van der Waals surface area contributed by atoms with Gasteiger partial charge in [0.1, 0.15) is 0 Å². The molecule has 5 rings (SSSR count). The Bertz CT molecular complexity index is 1130. The van der Waals surface area contributed by atoms with E-state index < -0.39 is 11.5 Å². The zero-order valence-corrected chi connectivity index (χ0v) is 23.2.